The van der Waals surface area contributed by atoms with Crippen LogP contribution in [0.15, 0.2) is 22.7 Å². The van der Waals surface area contributed by atoms with E-state index in [2.05, 4.69) is 21.2 Å². The fourth-order valence-electron chi connectivity index (χ4n) is 1.36. The molecule has 0 saturated carbocycles. The van der Waals surface area contributed by atoms with Gasteiger partial charge in [-0.25, -0.2) is 0 Å². The predicted octanol–water partition coefficient (Wildman–Crippen LogP) is 2.51. The average molecular weight is 331 g/mol. The molecule has 0 saturated heterocycles. The number of nitro benzene ring substituents is 1. The van der Waals surface area contributed by atoms with Crippen LogP contribution < -0.4 is 5.32 Å². The number of ether oxygens (including phenoxy) is 1. The second-order valence-electron chi connectivity index (χ2n) is 4.10. The van der Waals surface area contributed by atoms with Gasteiger partial charge in [0, 0.05) is 23.2 Å². The maximum atomic E-state index is 11.9. The number of nitro groups is 1. The van der Waals surface area contributed by atoms with Gasteiger partial charge in [0.15, 0.2) is 0 Å². The number of carbonyl (C=O) groups excluding carboxylic acids is 1. The van der Waals surface area contributed by atoms with Crippen LogP contribution >= 0.6 is 15.9 Å². The number of non-ortho nitro benzene ring substituents is 1. The first-order chi connectivity index (χ1) is 8.91. The van der Waals surface area contributed by atoms with Crippen LogP contribution in [0.1, 0.15) is 24.2 Å². The number of hydrogen-bond acceptors (Lipinski definition) is 4. The molecule has 1 aromatic rings. The molecule has 0 atom stereocenters. The highest BCUT2D eigenvalue weighted by Gasteiger charge is 2.15. The predicted molar refractivity (Wildman–Crippen MR) is 74.2 cm³/mol. The number of rotatable bonds is 6. The third-order valence-electron chi connectivity index (χ3n) is 2.24. The molecule has 7 heteroatoms. The lowest BCUT2D eigenvalue weighted by atomic mass is 10.2. The summed E-state index contributed by atoms with van der Waals surface area (Å²) in [4.78, 5) is 22.0. The lowest BCUT2D eigenvalue weighted by Gasteiger charge is -2.09. The van der Waals surface area contributed by atoms with E-state index in [4.69, 9.17) is 4.74 Å². The minimum atomic E-state index is -0.537. The van der Waals surface area contributed by atoms with Gasteiger partial charge in [0.1, 0.15) is 0 Å². The van der Waals surface area contributed by atoms with Crippen LogP contribution in [-0.2, 0) is 4.74 Å². The van der Waals surface area contributed by atoms with Crippen molar-refractivity contribution in [2.75, 3.05) is 13.2 Å². The van der Waals surface area contributed by atoms with E-state index < -0.39 is 4.92 Å². The van der Waals surface area contributed by atoms with Gasteiger partial charge in [-0.05, 0) is 35.8 Å². The van der Waals surface area contributed by atoms with Gasteiger partial charge in [0.05, 0.1) is 23.2 Å². The minimum absolute atomic E-state index is 0.0986. The summed E-state index contributed by atoms with van der Waals surface area (Å²) in [7, 11) is 0. The highest BCUT2D eigenvalue weighted by atomic mass is 79.9. The Labute approximate surface area is 119 Å². The summed E-state index contributed by atoms with van der Waals surface area (Å²) < 4.78 is 5.80. The second kappa shape index (κ2) is 7.20. The number of benzene rings is 1. The number of hydrogen-bond donors (Lipinski definition) is 1. The summed E-state index contributed by atoms with van der Waals surface area (Å²) in [6, 6.07) is 4.06. The SMILES string of the molecule is CC(C)OCCNC(=O)c1cc([N+](=O)[O-])ccc1Br. The lowest BCUT2D eigenvalue weighted by Crippen LogP contribution is -2.28. The summed E-state index contributed by atoms with van der Waals surface area (Å²) in [5.41, 5.74) is 0.116. The van der Waals surface area contributed by atoms with Gasteiger partial charge in [-0.3, -0.25) is 14.9 Å². The van der Waals surface area contributed by atoms with E-state index in [0.717, 1.165) is 0 Å². The van der Waals surface area contributed by atoms with Crippen molar-refractivity contribution in [2.45, 2.75) is 20.0 Å². The first-order valence-corrected chi connectivity index (χ1v) is 6.55. The number of carbonyl (C=O) groups is 1. The molecule has 0 radical (unpaired) electrons. The van der Waals surface area contributed by atoms with Crippen LogP contribution in [-0.4, -0.2) is 30.1 Å². The van der Waals surface area contributed by atoms with Crippen molar-refractivity contribution in [3.63, 3.8) is 0 Å². The molecule has 0 aromatic heterocycles. The van der Waals surface area contributed by atoms with Crippen LogP contribution in [0.5, 0.6) is 0 Å². The molecular formula is C12H15BrN2O4. The highest BCUT2D eigenvalue weighted by Crippen LogP contribution is 2.22. The Bertz CT molecular complexity index is 477. The molecular weight excluding hydrogens is 316 g/mol. The normalized spacial score (nSPS) is 10.5. The van der Waals surface area contributed by atoms with Gasteiger partial charge < -0.3 is 10.1 Å². The van der Waals surface area contributed by atoms with E-state index in [-0.39, 0.29) is 23.3 Å². The summed E-state index contributed by atoms with van der Waals surface area (Å²) in [5.74, 6) is -0.372. The van der Waals surface area contributed by atoms with Crippen molar-refractivity contribution < 1.29 is 14.5 Å². The average Bonchev–Trinajstić information content (AvgIpc) is 2.34. The van der Waals surface area contributed by atoms with E-state index in [1.54, 1.807) is 0 Å². The zero-order valence-corrected chi connectivity index (χ0v) is 12.3. The van der Waals surface area contributed by atoms with Crippen molar-refractivity contribution in [2.24, 2.45) is 0 Å². The maximum Gasteiger partial charge on any atom is 0.270 e. The third kappa shape index (κ3) is 4.96. The molecule has 0 aliphatic heterocycles. The van der Waals surface area contributed by atoms with E-state index in [9.17, 15) is 14.9 Å². The van der Waals surface area contributed by atoms with Gasteiger partial charge >= 0.3 is 0 Å². The summed E-state index contributed by atoms with van der Waals surface area (Å²) in [5, 5.41) is 13.3. The van der Waals surface area contributed by atoms with Gasteiger partial charge in [0.25, 0.3) is 11.6 Å². The number of halogens is 1. The first-order valence-electron chi connectivity index (χ1n) is 5.75. The Morgan fingerprint density at radius 3 is 2.79 bits per heavy atom. The number of nitrogens with zero attached hydrogens (tertiary/aromatic N) is 1. The lowest BCUT2D eigenvalue weighted by molar-refractivity contribution is -0.384. The molecule has 1 rings (SSSR count). The molecule has 1 aromatic carbocycles. The highest BCUT2D eigenvalue weighted by molar-refractivity contribution is 9.10. The van der Waals surface area contributed by atoms with E-state index in [1.807, 2.05) is 13.8 Å². The quantitative estimate of drug-likeness (QED) is 0.493. The molecule has 0 fully saturated rings. The fraction of sp³-hybridized carbons (Fsp3) is 0.417. The van der Waals surface area contributed by atoms with Crippen LogP contribution in [0.25, 0.3) is 0 Å². The van der Waals surface area contributed by atoms with Crippen molar-refractivity contribution in [1.82, 2.24) is 5.32 Å². The van der Waals surface area contributed by atoms with Gasteiger partial charge in [-0.15, -0.1) is 0 Å². The van der Waals surface area contributed by atoms with E-state index >= 15 is 0 Å². The van der Waals surface area contributed by atoms with Gasteiger partial charge in [0.2, 0.25) is 0 Å². The topological polar surface area (TPSA) is 81.5 Å². The Morgan fingerprint density at radius 2 is 2.21 bits per heavy atom. The van der Waals surface area contributed by atoms with Gasteiger partial charge in [-0.2, -0.15) is 0 Å². The molecule has 0 heterocycles. The smallest absolute Gasteiger partial charge is 0.270 e. The van der Waals surface area contributed by atoms with Crippen LogP contribution in [0.2, 0.25) is 0 Å². The van der Waals surface area contributed by atoms with Crippen LogP contribution in [0.4, 0.5) is 5.69 Å². The molecule has 6 nitrogen and oxygen atoms in total. The first kappa shape index (κ1) is 15.6. The van der Waals surface area contributed by atoms with E-state index in [0.29, 0.717) is 17.6 Å². The van der Waals surface area contributed by atoms with Crippen molar-refractivity contribution in [1.29, 1.82) is 0 Å². The Hall–Kier alpha value is -1.47. The van der Waals surface area contributed by atoms with Crippen molar-refractivity contribution in [3.05, 3.63) is 38.3 Å². The van der Waals surface area contributed by atoms with E-state index in [1.165, 1.54) is 18.2 Å². The van der Waals surface area contributed by atoms with Crippen LogP contribution in [0, 0.1) is 10.1 Å². The zero-order chi connectivity index (χ0) is 14.4. The monoisotopic (exact) mass is 330 g/mol. The fourth-order valence-corrected chi connectivity index (χ4v) is 1.78. The molecule has 0 spiro atoms. The summed E-state index contributed by atoms with van der Waals surface area (Å²) >= 11 is 3.20. The van der Waals surface area contributed by atoms with Crippen molar-refractivity contribution in [3.8, 4) is 0 Å². The zero-order valence-electron chi connectivity index (χ0n) is 10.7. The van der Waals surface area contributed by atoms with Crippen molar-refractivity contribution >= 4 is 27.5 Å². The Balaban J connectivity index is 2.66. The summed E-state index contributed by atoms with van der Waals surface area (Å²) in [6.07, 6.45) is 0.0986. The number of nitrogens with one attached hydrogen (secondary N) is 1. The van der Waals surface area contributed by atoms with Crippen LogP contribution in [0.3, 0.4) is 0 Å². The standard InChI is InChI=1S/C12H15BrN2O4/c1-8(2)19-6-5-14-12(16)10-7-9(15(17)18)3-4-11(10)13/h3-4,7-8H,5-6H2,1-2H3,(H,14,16). The largest absolute Gasteiger partial charge is 0.377 e. The third-order valence-corrected chi connectivity index (χ3v) is 2.94. The molecule has 0 aliphatic carbocycles. The number of amides is 1. The molecule has 1 amide bonds. The Morgan fingerprint density at radius 1 is 1.53 bits per heavy atom. The maximum absolute atomic E-state index is 11.9. The molecule has 0 bridgehead atoms. The molecule has 19 heavy (non-hydrogen) atoms. The second-order valence-corrected chi connectivity index (χ2v) is 4.95. The molecule has 0 aliphatic rings. The summed E-state index contributed by atoms with van der Waals surface area (Å²) in [6.45, 7) is 4.56. The minimum Gasteiger partial charge on any atom is -0.377 e. The molecule has 104 valence electrons. The van der Waals surface area contributed by atoms with Gasteiger partial charge in [-0.1, -0.05) is 0 Å². The Kier molecular flexibility index (Phi) is 5.91. The molecule has 1 N–H and O–H groups in total. The molecule has 0 unspecified atom stereocenters.